The molecule has 2 aromatic carbocycles. The zero-order valence-corrected chi connectivity index (χ0v) is 19.3. The topological polar surface area (TPSA) is 84.3 Å². The lowest BCUT2D eigenvalue weighted by atomic mass is 10.1. The van der Waals surface area contributed by atoms with Crippen LogP contribution in [0.5, 0.6) is 0 Å². The lowest BCUT2D eigenvalue weighted by Crippen LogP contribution is -2.26. The van der Waals surface area contributed by atoms with E-state index in [4.69, 9.17) is 0 Å². The van der Waals surface area contributed by atoms with Crippen LogP contribution in [0.15, 0.2) is 51.8 Å². The Morgan fingerprint density at radius 3 is 2.41 bits per heavy atom. The fourth-order valence-corrected chi connectivity index (χ4v) is 4.85. The summed E-state index contributed by atoms with van der Waals surface area (Å²) >= 11 is 3.26. The van der Waals surface area contributed by atoms with Gasteiger partial charge in [0.2, 0.25) is 16.0 Å². The second kappa shape index (κ2) is 7.55. The van der Waals surface area contributed by atoms with Gasteiger partial charge in [0.15, 0.2) is 0 Å². The van der Waals surface area contributed by atoms with Crippen LogP contribution < -0.4 is 5.32 Å². The van der Waals surface area contributed by atoms with Crippen molar-refractivity contribution in [3.63, 3.8) is 0 Å². The maximum Gasteiger partial charge on any atom is 0.258 e. The molecule has 0 unspecified atom stereocenters. The number of hydrogen-bond donors (Lipinski definition) is 1. The lowest BCUT2D eigenvalue weighted by molar-refractivity contribution is 0.102. The van der Waals surface area contributed by atoms with Crippen LogP contribution >= 0.6 is 15.9 Å². The monoisotopic (exact) mass is 478 g/mol. The molecule has 3 rings (SSSR count). The summed E-state index contributed by atoms with van der Waals surface area (Å²) in [5.74, 6) is -0.0304. The van der Waals surface area contributed by atoms with Crippen LogP contribution in [-0.2, 0) is 15.6 Å². The molecule has 0 saturated heterocycles. The first-order valence-corrected chi connectivity index (χ1v) is 11.2. The highest BCUT2D eigenvalue weighted by atomic mass is 79.9. The number of fused-ring (bicyclic) bond motifs is 1. The Morgan fingerprint density at radius 2 is 1.79 bits per heavy atom. The molecule has 0 bridgehead atoms. The van der Waals surface area contributed by atoms with E-state index >= 15 is 0 Å². The van der Waals surface area contributed by atoms with Gasteiger partial charge in [-0.3, -0.25) is 10.1 Å². The van der Waals surface area contributed by atoms with Crippen molar-refractivity contribution in [1.82, 2.24) is 13.9 Å². The summed E-state index contributed by atoms with van der Waals surface area (Å²) in [5, 5.41) is 2.84. The normalized spacial score (nSPS) is 12.5. The van der Waals surface area contributed by atoms with Crippen LogP contribution in [0.4, 0.5) is 5.95 Å². The van der Waals surface area contributed by atoms with E-state index < -0.39 is 15.9 Å². The van der Waals surface area contributed by atoms with Crippen LogP contribution in [0.1, 0.15) is 31.1 Å². The molecule has 1 N–H and O–H groups in total. The zero-order valence-electron chi connectivity index (χ0n) is 16.9. The molecule has 0 atom stereocenters. The van der Waals surface area contributed by atoms with Crippen molar-refractivity contribution in [3.8, 4) is 0 Å². The number of hydrogen-bond acceptors (Lipinski definition) is 4. The average molecular weight is 479 g/mol. The van der Waals surface area contributed by atoms with E-state index in [1.165, 1.54) is 20.2 Å². The Balaban J connectivity index is 2.04. The Bertz CT molecular complexity index is 1190. The summed E-state index contributed by atoms with van der Waals surface area (Å²) in [6.07, 6.45) is 0. The third-order valence-electron chi connectivity index (χ3n) is 4.41. The van der Waals surface area contributed by atoms with Gasteiger partial charge in [-0.05, 0) is 67.0 Å². The quantitative estimate of drug-likeness (QED) is 0.612. The number of benzene rings is 2. The molecule has 0 fully saturated rings. The summed E-state index contributed by atoms with van der Waals surface area (Å²) in [7, 11) is -0.813. The van der Waals surface area contributed by atoms with Crippen molar-refractivity contribution >= 4 is 48.8 Å². The first-order valence-electron chi connectivity index (χ1n) is 8.94. The van der Waals surface area contributed by atoms with Crippen LogP contribution in [0.25, 0.3) is 11.0 Å². The molecule has 7 nitrogen and oxygen atoms in total. The average Bonchev–Trinajstić information content (AvgIpc) is 2.99. The number of halogens is 1. The van der Waals surface area contributed by atoms with E-state index in [2.05, 4.69) is 26.2 Å². The number of sulfonamides is 1. The summed E-state index contributed by atoms with van der Waals surface area (Å²) in [6, 6.07) is 12.1. The molecule has 0 aliphatic rings. The Morgan fingerprint density at radius 1 is 1.14 bits per heavy atom. The molecule has 0 aliphatic carbocycles. The van der Waals surface area contributed by atoms with Crippen molar-refractivity contribution in [3.05, 3.63) is 52.5 Å². The minimum absolute atomic E-state index is 0.0273. The predicted octanol–water partition coefficient (Wildman–Crippen LogP) is 4.06. The van der Waals surface area contributed by atoms with Gasteiger partial charge in [-0.25, -0.2) is 17.7 Å². The van der Waals surface area contributed by atoms with Gasteiger partial charge in [-0.15, -0.1) is 0 Å². The molecule has 1 aromatic heterocycles. The number of nitrogens with zero attached hydrogens (tertiary/aromatic N) is 3. The van der Waals surface area contributed by atoms with Crippen molar-refractivity contribution in [1.29, 1.82) is 0 Å². The largest absolute Gasteiger partial charge is 0.305 e. The highest BCUT2D eigenvalue weighted by Crippen LogP contribution is 2.29. The first-order chi connectivity index (χ1) is 13.4. The molecule has 29 heavy (non-hydrogen) atoms. The van der Waals surface area contributed by atoms with E-state index in [1.807, 2.05) is 49.6 Å². The number of carbonyl (C=O) groups excluding carboxylic acids is 1. The molecule has 1 heterocycles. The van der Waals surface area contributed by atoms with E-state index in [0.29, 0.717) is 10.4 Å². The second-order valence-electron chi connectivity index (χ2n) is 7.82. The van der Waals surface area contributed by atoms with Crippen LogP contribution in [0.3, 0.4) is 0 Å². The number of para-hydroxylation sites is 2. The minimum Gasteiger partial charge on any atom is -0.305 e. The van der Waals surface area contributed by atoms with E-state index in [1.54, 1.807) is 12.1 Å². The van der Waals surface area contributed by atoms with E-state index in [9.17, 15) is 13.2 Å². The Kier molecular flexibility index (Phi) is 5.59. The number of imidazole rings is 1. The van der Waals surface area contributed by atoms with Crippen LogP contribution in [0.2, 0.25) is 0 Å². The van der Waals surface area contributed by atoms with Gasteiger partial charge < -0.3 is 4.57 Å². The number of nitrogens with one attached hydrogen (secondary N) is 1. The third kappa shape index (κ3) is 4.08. The first kappa shape index (κ1) is 21.5. The van der Waals surface area contributed by atoms with Crippen molar-refractivity contribution in [2.75, 3.05) is 19.4 Å². The van der Waals surface area contributed by atoms with Gasteiger partial charge in [0.05, 0.1) is 15.9 Å². The Labute approximate surface area is 178 Å². The molecule has 9 heteroatoms. The van der Waals surface area contributed by atoms with Gasteiger partial charge in [-0.1, -0.05) is 12.1 Å². The molecular weight excluding hydrogens is 456 g/mol. The number of carbonyl (C=O) groups is 1. The molecule has 154 valence electrons. The summed E-state index contributed by atoms with van der Waals surface area (Å²) < 4.78 is 28.5. The van der Waals surface area contributed by atoms with Gasteiger partial charge in [-0.2, -0.15) is 0 Å². The zero-order chi connectivity index (χ0) is 21.6. The highest BCUT2D eigenvalue weighted by Gasteiger charge is 2.25. The maximum atomic E-state index is 12.9. The van der Waals surface area contributed by atoms with Gasteiger partial charge in [0.1, 0.15) is 0 Å². The molecule has 3 aromatic rings. The number of rotatable bonds is 4. The van der Waals surface area contributed by atoms with Crippen molar-refractivity contribution in [2.24, 2.45) is 0 Å². The minimum atomic E-state index is -3.70. The molecule has 0 saturated carbocycles. The summed E-state index contributed by atoms with van der Waals surface area (Å²) in [5.41, 5.74) is 1.57. The highest BCUT2D eigenvalue weighted by molar-refractivity contribution is 9.10. The summed E-state index contributed by atoms with van der Waals surface area (Å²) in [4.78, 5) is 17.5. The van der Waals surface area contributed by atoms with Gasteiger partial charge in [0.25, 0.3) is 5.91 Å². The third-order valence-corrected chi connectivity index (χ3v) is 7.22. The molecule has 0 aliphatic heterocycles. The van der Waals surface area contributed by atoms with Gasteiger partial charge >= 0.3 is 0 Å². The number of anilines is 1. The molecular formula is C20H23BrN4O3S. The second-order valence-corrected chi connectivity index (χ2v) is 10.8. The molecule has 0 spiro atoms. The van der Waals surface area contributed by atoms with Crippen molar-refractivity contribution in [2.45, 2.75) is 31.2 Å². The smallest absolute Gasteiger partial charge is 0.258 e. The fourth-order valence-electron chi connectivity index (χ4n) is 3.00. The number of aromatic nitrogens is 2. The predicted molar refractivity (Wildman–Crippen MR) is 118 cm³/mol. The fraction of sp³-hybridized carbons (Fsp3) is 0.300. The van der Waals surface area contributed by atoms with Crippen LogP contribution in [-0.4, -0.2) is 42.3 Å². The lowest BCUT2D eigenvalue weighted by Gasteiger charge is -2.24. The van der Waals surface area contributed by atoms with E-state index in [-0.39, 0.29) is 16.0 Å². The summed E-state index contributed by atoms with van der Waals surface area (Å²) in [6.45, 7) is 6.08. The molecule has 0 radical (unpaired) electrons. The SMILES string of the molecule is CN(C)S(=O)(=O)c1cc(C(=O)Nc2nc3ccccc3n2C(C)(C)C)ccc1Br. The van der Waals surface area contributed by atoms with Crippen LogP contribution in [0, 0.1) is 0 Å². The number of amides is 1. The van der Waals surface area contributed by atoms with Gasteiger partial charge in [0, 0.05) is 29.7 Å². The van der Waals surface area contributed by atoms with E-state index in [0.717, 1.165) is 15.3 Å². The molecule has 1 amide bonds. The maximum absolute atomic E-state index is 12.9. The van der Waals surface area contributed by atoms with Crippen molar-refractivity contribution < 1.29 is 13.2 Å². The standard InChI is InChI=1S/C20H23BrN4O3S/c1-20(2,3)25-16-9-7-6-8-15(16)22-19(25)23-18(26)13-10-11-14(21)17(12-13)29(27,28)24(4)5/h6-12H,1-5H3,(H,22,23,26). The Hall–Kier alpha value is -2.23.